The summed E-state index contributed by atoms with van der Waals surface area (Å²) in [6, 6.07) is 0. The van der Waals surface area contributed by atoms with Crippen LogP contribution < -0.4 is 5.32 Å². The van der Waals surface area contributed by atoms with Crippen LogP contribution >= 0.6 is 0 Å². The van der Waals surface area contributed by atoms with E-state index in [0.29, 0.717) is 5.75 Å². The minimum atomic E-state index is -2.75. The van der Waals surface area contributed by atoms with Crippen molar-refractivity contribution in [3.05, 3.63) is 0 Å². The number of hydrogen-bond donors (Lipinski definition) is 1. The van der Waals surface area contributed by atoms with Crippen LogP contribution in [0.25, 0.3) is 0 Å². The van der Waals surface area contributed by atoms with Crippen molar-refractivity contribution in [2.24, 2.45) is 0 Å². The third-order valence-corrected chi connectivity index (χ3v) is 5.39. The lowest BCUT2D eigenvalue weighted by Gasteiger charge is -2.29. The van der Waals surface area contributed by atoms with Gasteiger partial charge in [0.2, 0.25) is 0 Å². The first-order valence-corrected chi connectivity index (χ1v) is 7.05. The molecule has 82 valence electrons. The monoisotopic (exact) mass is 218 g/mol. The molecule has 0 aliphatic carbocycles. The summed E-state index contributed by atoms with van der Waals surface area (Å²) >= 11 is 0. The van der Waals surface area contributed by atoms with Gasteiger partial charge in [-0.3, -0.25) is 4.90 Å². The van der Waals surface area contributed by atoms with Gasteiger partial charge in [0.05, 0.1) is 11.0 Å². The maximum Gasteiger partial charge on any atom is 0.154 e. The number of rotatable bonds is 2. The molecule has 2 aliphatic heterocycles. The lowest BCUT2D eigenvalue weighted by atomic mass is 10.2. The van der Waals surface area contributed by atoms with Gasteiger partial charge in [-0.25, -0.2) is 8.42 Å². The van der Waals surface area contributed by atoms with Gasteiger partial charge >= 0.3 is 0 Å². The Bertz CT molecular complexity index is 283. The van der Waals surface area contributed by atoms with Gasteiger partial charge in [0.15, 0.2) is 9.84 Å². The third-order valence-electron chi connectivity index (χ3n) is 3.13. The summed E-state index contributed by atoms with van der Waals surface area (Å²) in [5.74, 6) is 0.407. The van der Waals surface area contributed by atoms with Crippen LogP contribution in [0.2, 0.25) is 0 Å². The van der Waals surface area contributed by atoms with E-state index in [9.17, 15) is 8.42 Å². The molecule has 0 spiro atoms. The Balaban J connectivity index is 1.90. The molecule has 0 amide bonds. The molecule has 1 unspecified atom stereocenters. The Hall–Kier alpha value is -0.130. The minimum Gasteiger partial charge on any atom is -0.314 e. The van der Waals surface area contributed by atoms with Gasteiger partial charge in [-0.1, -0.05) is 0 Å². The van der Waals surface area contributed by atoms with E-state index in [1.807, 2.05) is 0 Å². The quantitative estimate of drug-likeness (QED) is 0.677. The second kappa shape index (κ2) is 4.16. The van der Waals surface area contributed by atoms with E-state index in [4.69, 9.17) is 0 Å². The highest BCUT2D eigenvalue weighted by molar-refractivity contribution is 7.92. The first-order chi connectivity index (χ1) is 6.68. The number of piperazine rings is 1. The largest absolute Gasteiger partial charge is 0.314 e. The minimum absolute atomic E-state index is 0.0828. The van der Waals surface area contributed by atoms with Gasteiger partial charge in [-0.2, -0.15) is 0 Å². The highest BCUT2D eigenvalue weighted by atomic mass is 32.2. The Morgan fingerprint density at radius 2 is 2.00 bits per heavy atom. The molecule has 4 nitrogen and oxygen atoms in total. The lowest BCUT2D eigenvalue weighted by Crippen LogP contribution is -2.46. The molecule has 5 heteroatoms. The molecule has 2 saturated heterocycles. The van der Waals surface area contributed by atoms with Gasteiger partial charge in [-0.15, -0.1) is 0 Å². The number of hydrogen-bond acceptors (Lipinski definition) is 4. The standard InChI is InChI=1S/C9H18N2O2S/c12-14(13)7-1-2-9(14)8-11-5-3-10-4-6-11/h9-10H,1-8H2. The molecule has 0 bridgehead atoms. The van der Waals surface area contributed by atoms with Crippen LogP contribution in [-0.4, -0.2) is 57.0 Å². The van der Waals surface area contributed by atoms with Gasteiger partial charge in [0.25, 0.3) is 0 Å². The topological polar surface area (TPSA) is 49.4 Å². The summed E-state index contributed by atoms with van der Waals surface area (Å²) in [4.78, 5) is 2.27. The molecule has 0 radical (unpaired) electrons. The Morgan fingerprint density at radius 1 is 1.29 bits per heavy atom. The van der Waals surface area contributed by atoms with Crippen molar-refractivity contribution in [1.29, 1.82) is 0 Å². The molecule has 0 saturated carbocycles. The van der Waals surface area contributed by atoms with Crippen LogP contribution in [0.3, 0.4) is 0 Å². The zero-order valence-corrected chi connectivity index (χ0v) is 9.22. The summed E-state index contributed by atoms with van der Waals surface area (Å²) in [5, 5.41) is 3.19. The van der Waals surface area contributed by atoms with E-state index in [0.717, 1.165) is 45.6 Å². The lowest BCUT2D eigenvalue weighted by molar-refractivity contribution is 0.239. The molecule has 14 heavy (non-hydrogen) atoms. The smallest absolute Gasteiger partial charge is 0.154 e. The van der Waals surface area contributed by atoms with E-state index in [2.05, 4.69) is 10.2 Å². The summed E-state index contributed by atoms with van der Waals surface area (Å²) in [6.45, 7) is 4.72. The molecule has 2 fully saturated rings. The fourth-order valence-electron chi connectivity index (χ4n) is 2.24. The molecule has 2 rings (SSSR count). The van der Waals surface area contributed by atoms with E-state index >= 15 is 0 Å². The van der Waals surface area contributed by atoms with Crippen molar-refractivity contribution in [3.63, 3.8) is 0 Å². The molecule has 2 heterocycles. The molecule has 0 aromatic heterocycles. The van der Waals surface area contributed by atoms with Gasteiger partial charge < -0.3 is 5.32 Å². The number of sulfone groups is 1. The number of nitrogens with zero attached hydrogens (tertiary/aromatic N) is 1. The molecule has 2 aliphatic rings. The molecule has 1 N–H and O–H groups in total. The van der Waals surface area contributed by atoms with Gasteiger partial charge in [0, 0.05) is 32.7 Å². The molecular weight excluding hydrogens is 200 g/mol. The first-order valence-electron chi connectivity index (χ1n) is 5.33. The zero-order valence-electron chi connectivity index (χ0n) is 8.41. The summed E-state index contributed by atoms with van der Waals surface area (Å²) in [6.07, 6.45) is 1.73. The maximum absolute atomic E-state index is 11.6. The molecule has 0 aromatic rings. The van der Waals surface area contributed by atoms with Crippen molar-refractivity contribution in [2.45, 2.75) is 18.1 Å². The fourth-order valence-corrected chi connectivity index (χ4v) is 4.11. The summed E-state index contributed by atoms with van der Waals surface area (Å²) in [7, 11) is -2.75. The van der Waals surface area contributed by atoms with E-state index in [-0.39, 0.29) is 5.25 Å². The Kier molecular flexibility index (Phi) is 3.09. The van der Waals surface area contributed by atoms with Crippen LogP contribution in [0.1, 0.15) is 12.8 Å². The maximum atomic E-state index is 11.6. The van der Waals surface area contributed by atoms with Crippen molar-refractivity contribution < 1.29 is 8.42 Å². The third kappa shape index (κ3) is 2.27. The number of nitrogens with one attached hydrogen (secondary N) is 1. The van der Waals surface area contributed by atoms with Crippen LogP contribution in [-0.2, 0) is 9.84 Å². The second-order valence-corrected chi connectivity index (χ2v) is 6.58. The highest BCUT2D eigenvalue weighted by Gasteiger charge is 2.32. The van der Waals surface area contributed by atoms with Gasteiger partial charge in [0.1, 0.15) is 0 Å². The first kappa shape index (κ1) is 10.4. The van der Waals surface area contributed by atoms with Crippen LogP contribution in [0.15, 0.2) is 0 Å². The SMILES string of the molecule is O=S1(=O)CCCC1CN1CCNCC1. The zero-order chi connectivity index (χ0) is 10.0. The second-order valence-electron chi connectivity index (χ2n) is 4.18. The van der Waals surface area contributed by atoms with Crippen molar-refractivity contribution in [2.75, 3.05) is 38.5 Å². The fraction of sp³-hybridized carbons (Fsp3) is 1.00. The Labute approximate surface area is 85.6 Å². The van der Waals surface area contributed by atoms with Gasteiger partial charge in [-0.05, 0) is 12.8 Å². The molecule has 1 atom stereocenters. The van der Waals surface area contributed by atoms with Crippen molar-refractivity contribution in [1.82, 2.24) is 10.2 Å². The van der Waals surface area contributed by atoms with Crippen molar-refractivity contribution >= 4 is 9.84 Å². The van der Waals surface area contributed by atoms with E-state index in [1.165, 1.54) is 0 Å². The highest BCUT2D eigenvalue weighted by Crippen LogP contribution is 2.20. The summed E-state index contributed by atoms with van der Waals surface area (Å²) in [5.41, 5.74) is 0. The van der Waals surface area contributed by atoms with Crippen LogP contribution in [0, 0.1) is 0 Å². The van der Waals surface area contributed by atoms with Crippen LogP contribution in [0.4, 0.5) is 0 Å². The van der Waals surface area contributed by atoms with E-state index in [1.54, 1.807) is 0 Å². The summed E-state index contributed by atoms with van der Waals surface area (Å²) < 4.78 is 23.2. The normalized spacial score (nSPS) is 33.3. The molecule has 0 aromatic carbocycles. The van der Waals surface area contributed by atoms with E-state index < -0.39 is 9.84 Å². The molecular formula is C9H18N2O2S. The van der Waals surface area contributed by atoms with Crippen LogP contribution in [0.5, 0.6) is 0 Å². The Morgan fingerprint density at radius 3 is 2.57 bits per heavy atom. The average molecular weight is 218 g/mol. The predicted octanol–water partition coefficient (Wildman–Crippen LogP) is -0.531. The predicted molar refractivity (Wildman–Crippen MR) is 56.1 cm³/mol. The van der Waals surface area contributed by atoms with Crippen molar-refractivity contribution in [3.8, 4) is 0 Å². The average Bonchev–Trinajstić information content (AvgIpc) is 2.48.